The fraction of sp³-hybridized carbons (Fsp3) is 1.00. The average molecular weight is 249 g/mol. The van der Waals surface area contributed by atoms with Crippen molar-refractivity contribution in [2.24, 2.45) is 5.73 Å². The van der Waals surface area contributed by atoms with Gasteiger partial charge in [0.15, 0.2) is 0 Å². The van der Waals surface area contributed by atoms with Crippen LogP contribution in [0.4, 0.5) is 0 Å². The lowest BCUT2D eigenvalue weighted by molar-refractivity contribution is 0.265. The van der Waals surface area contributed by atoms with Crippen LogP contribution in [-0.4, -0.2) is 37.9 Å². The summed E-state index contributed by atoms with van der Waals surface area (Å²) in [6.07, 6.45) is 3.53. The summed E-state index contributed by atoms with van der Waals surface area (Å²) in [7, 11) is -1.69. The second kappa shape index (κ2) is 5.44. The Morgan fingerprint density at radius 1 is 1.25 bits per heavy atom. The summed E-state index contributed by atoms with van der Waals surface area (Å²) in [4.78, 5) is 0. The largest absolute Gasteiger partial charge is 0.328 e. The van der Waals surface area contributed by atoms with E-state index in [2.05, 4.69) is 4.72 Å². The van der Waals surface area contributed by atoms with Crippen LogP contribution in [0.25, 0.3) is 0 Å². The molecule has 1 fully saturated rings. The first-order valence-corrected chi connectivity index (χ1v) is 7.28. The fourth-order valence-corrected chi connectivity index (χ4v) is 3.41. The van der Waals surface area contributed by atoms with E-state index >= 15 is 0 Å². The quantitative estimate of drug-likeness (QED) is 0.758. The number of nitrogens with two attached hydrogens (primary N) is 1. The van der Waals surface area contributed by atoms with E-state index in [0.717, 1.165) is 25.7 Å². The van der Waals surface area contributed by atoms with Crippen LogP contribution in [0.3, 0.4) is 0 Å². The summed E-state index contributed by atoms with van der Waals surface area (Å²) in [6, 6.07) is 0.264. The second-order valence-electron chi connectivity index (χ2n) is 4.86. The maximum atomic E-state index is 11.9. The SMILES string of the molecule is CC(C)NS(=O)(=O)N(C)C1CCC(N)CC1. The maximum Gasteiger partial charge on any atom is 0.279 e. The smallest absolute Gasteiger partial charge is 0.279 e. The highest BCUT2D eigenvalue weighted by atomic mass is 32.2. The molecule has 0 heterocycles. The zero-order valence-corrected chi connectivity index (χ0v) is 11.1. The van der Waals surface area contributed by atoms with E-state index in [9.17, 15) is 8.42 Å². The molecule has 1 aliphatic carbocycles. The van der Waals surface area contributed by atoms with Gasteiger partial charge in [-0.2, -0.15) is 17.4 Å². The van der Waals surface area contributed by atoms with E-state index < -0.39 is 10.2 Å². The van der Waals surface area contributed by atoms with Crippen LogP contribution in [0.15, 0.2) is 0 Å². The van der Waals surface area contributed by atoms with Gasteiger partial charge in [0.1, 0.15) is 0 Å². The number of rotatable bonds is 4. The van der Waals surface area contributed by atoms with E-state index in [0.29, 0.717) is 0 Å². The van der Waals surface area contributed by atoms with Gasteiger partial charge in [0, 0.05) is 25.2 Å². The summed E-state index contributed by atoms with van der Waals surface area (Å²) in [5.74, 6) is 0. The Bertz CT molecular complexity index is 308. The molecule has 96 valence electrons. The standard InChI is InChI=1S/C10H23N3O2S/c1-8(2)12-16(14,15)13(3)10-6-4-9(11)5-7-10/h8-10,12H,4-7,11H2,1-3H3. The van der Waals surface area contributed by atoms with E-state index in [1.54, 1.807) is 7.05 Å². The molecule has 0 unspecified atom stereocenters. The highest BCUT2D eigenvalue weighted by Crippen LogP contribution is 2.22. The first-order valence-electron chi connectivity index (χ1n) is 5.84. The molecule has 1 rings (SSSR count). The van der Waals surface area contributed by atoms with E-state index in [4.69, 9.17) is 5.73 Å². The molecule has 0 atom stereocenters. The second-order valence-corrected chi connectivity index (χ2v) is 6.62. The molecule has 3 N–H and O–H groups in total. The van der Waals surface area contributed by atoms with Gasteiger partial charge in [-0.3, -0.25) is 0 Å². The first kappa shape index (κ1) is 13.9. The molecule has 5 nitrogen and oxygen atoms in total. The molecule has 16 heavy (non-hydrogen) atoms. The van der Waals surface area contributed by atoms with Crippen molar-refractivity contribution in [3.63, 3.8) is 0 Å². The lowest BCUT2D eigenvalue weighted by Crippen LogP contribution is -2.48. The van der Waals surface area contributed by atoms with Crippen molar-refractivity contribution in [1.29, 1.82) is 0 Å². The van der Waals surface area contributed by atoms with Crippen molar-refractivity contribution in [2.75, 3.05) is 7.05 Å². The molecule has 0 aromatic carbocycles. The number of nitrogens with zero attached hydrogens (tertiary/aromatic N) is 1. The molecule has 1 aliphatic rings. The number of hydrogen-bond donors (Lipinski definition) is 2. The zero-order valence-electron chi connectivity index (χ0n) is 10.3. The minimum atomic E-state index is -3.33. The molecular formula is C10H23N3O2S. The summed E-state index contributed by atoms with van der Waals surface area (Å²) >= 11 is 0. The number of nitrogens with one attached hydrogen (secondary N) is 1. The third-order valence-electron chi connectivity index (χ3n) is 3.02. The Balaban J connectivity index is 2.60. The van der Waals surface area contributed by atoms with Crippen LogP contribution in [0.2, 0.25) is 0 Å². The van der Waals surface area contributed by atoms with Crippen molar-refractivity contribution in [2.45, 2.75) is 57.7 Å². The Labute approximate surface area is 98.6 Å². The normalized spacial score (nSPS) is 27.6. The van der Waals surface area contributed by atoms with Crippen molar-refractivity contribution >= 4 is 10.2 Å². The minimum Gasteiger partial charge on any atom is -0.328 e. The highest BCUT2D eigenvalue weighted by Gasteiger charge is 2.29. The summed E-state index contributed by atoms with van der Waals surface area (Å²) in [5.41, 5.74) is 5.80. The van der Waals surface area contributed by atoms with Crippen LogP contribution >= 0.6 is 0 Å². The molecule has 0 amide bonds. The Morgan fingerprint density at radius 3 is 2.19 bits per heavy atom. The van der Waals surface area contributed by atoms with Gasteiger partial charge in [-0.15, -0.1) is 0 Å². The molecule has 0 radical (unpaired) electrons. The number of hydrogen-bond acceptors (Lipinski definition) is 3. The van der Waals surface area contributed by atoms with Crippen molar-refractivity contribution < 1.29 is 8.42 Å². The van der Waals surface area contributed by atoms with Gasteiger partial charge in [0.2, 0.25) is 0 Å². The topological polar surface area (TPSA) is 75.4 Å². The molecule has 0 aliphatic heterocycles. The van der Waals surface area contributed by atoms with Gasteiger partial charge < -0.3 is 5.73 Å². The lowest BCUT2D eigenvalue weighted by Gasteiger charge is -2.33. The van der Waals surface area contributed by atoms with E-state index in [1.807, 2.05) is 13.8 Å². The Kier molecular flexibility index (Phi) is 4.73. The van der Waals surface area contributed by atoms with Crippen LogP contribution in [-0.2, 0) is 10.2 Å². The minimum absolute atomic E-state index is 0.0710. The molecule has 0 aromatic heterocycles. The highest BCUT2D eigenvalue weighted by molar-refractivity contribution is 7.87. The Hall–Kier alpha value is -0.170. The van der Waals surface area contributed by atoms with Crippen molar-refractivity contribution in [1.82, 2.24) is 9.03 Å². The van der Waals surface area contributed by atoms with E-state index in [1.165, 1.54) is 4.31 Å². The first-order chi connectivity index (χ1) is 7.33. The fourth-order valence-electron chi connectivity index (χ4n) is 2.04. The average Bonchev–Trinajstić information content (AvgIpc) is 2.16. The maximum absolute atomic E-state index is 11.9. The molecule has 1 saturated carbocycles. The Morgan fingerprint density at radius 2 is 1.75 bits per heavy atom. The predicted octanol–water partition coefficient (Wildman–Crippen LogP) is 0.431. The van der Waals surface area contributed by atoms with Gasteiger partial charge in [-0.05, 0) is 39.5 Å². The van der Waals surface area contributed by atoms with Crippen molar-refractivity contribution in [3.8, 4) is 0 Å². The zero-order chi connectivity index (χ0) is 12.3. The third kappa shape index (κ3) is 3.69. The van der Waals surface area contributed by atoms with E-state index in [-0.39, 0.29) is 18.1 Å². The summed E-state index contributed by atoms with van der Waals surface area (Å²) < 4.78 is 27.9. The molecule has 0 aromatic rings. The lowest BCUT2D eigenvalue weighted by atomic mass is 9.92. The van der Waals surface area contributed by atoms with Crippen LogP contribution in [0.1, 0.15) is 39.5 Å². The molecular weight excluding hydrogens is 226 g/mol. The van der Waals surface area contributed by atoms with Gasteiger partial charge in [0.25, 0.3) is 10.2 Å². The molecule has 0 spiro atoms. The molecule has 0 bridgehead atoms. The molecule has 6 heteroatoms. The van der Waals surface area contributed by atoms with Gasteiger partial charge in [-0.1, -0.05) is 0 Å². The van der Waals surface area contributed by atoms with Crippen molar-refractivity contribution in [3.05, 3.63) is 0 Å². The van der Waals surface area contributed by atoms with Gasteiger partial charge >= 0.3 is 0 Å². The third-order valence-corrected chi connectivity index (χ3v) is 4.85. The van der Waals surface area contributed by atoms with Gasteiger partial charge in [-0.25, -0.2) is 0 Å². The summed E-state index contributed by atoms with van der Waals surface area (Å²) in [6.45, 7) is 3.64. The summed E-state index contributed by atoms with van der Waals surface area (Å²) in [5, 5.41) is 0. The predicted molar refractivity (Wildman–Crippen MR) is 65.2 cm³/mol. The van der Waals surface area contributed by atoms with Crippen LogP contribution < -0.4 is 10.5 Å². The van der Waals surface area contributed by atoms with Gasteiger partial charge in [0.05, 0.1) is 0 Å². The monoisotopic (exact) mass is 249 g/mol. The van der Waals surface area contributed by atoms with Crippen LogP contribution in [0, 0.1) is 0 Å². The van der Waals surface area contributed by atoms with Crippen LogP contribution in [0.5, 0.6) is 0 Å². The molecule has 0 saturated heterocycles.